The molecular formula is C18H24O3. The van der Waals surface area contributed by atoms with Crippen LogP contribution in [0.1, 0.15) is 45.6 Å². The average Bonchev–Trinajstić information content (AvgIpc) is 2.38. The van der Waals surface area contributed by atoms with Crippen LogP contribution in [0.15, 0.2) is 30.3 Å². The molecular weight excluding hydrogens is 264 g/mol. The van der Waals surface area contributed by atoms with Gasteiger partial charge >= 0.3 is 5.97 Å². The maximum atomic E-state index is 13.1. The first-order chi connectivity index (χ1) is 10.0. The van der Waals surface area contributed by atoms with Crippen LogP contribution in [0.25, 0.3) is 0 Å². The summed E-state index contributed by atoms with van der Waals surface area (Å²) < 4.78 is 5.13. The molecule has 0 radical (unpaired) electrons. The van der Waals surface area contributed by atoms with E-state index < -0.39 is 11.3 Å². The summed E-state index contributed by atoms with van der Waals surface area (Å²) in [5.41, 5.74) is 0.555. The number of hydrogen-bond acceptors (Lipinski definition) is 3. The Labute approximate surface area is 126 Å². The van der Waals surface area contributed by atoms with Crippen LogP contribution in [0, 0.1) is 11.8 Å². The smallest absolute Gasteiger partial charge is 0.316 e. The fraction of sp³-hybridized carbons (Fsp3) is 0.556. The van der Waals surface area contributed by atoms with Gasteiger partial charge in [0, 0.05) is 0 Å². The molecule has 0 heterocycles. The van der Waals surface area contributed by atoms with Crippen LogP contribution in [-0.4, -0.2) is 18.4 Å². The van der Waals surface area contributed by atoms with Crippen molar-refractivity contribution in [1.29, 1.82) is 0 Å². The van der Waals surface area contributed by atoms with Gasteiger partial charge in [-0.1, -0.05) is 50.6 Å². The zero-order valence-electron chi connectivity index (χ0n) is 13.1. The molecule has 3 heteroatoms. The number of Topliss-reactive ketones (excluding diaryl/α,β-unsaturated/α-hetero) is 1. The van der Waals surface area contributed by atoms with Crippen LogP contribution < -0.4 is 0 Å². The van der Waals surface area contributed by atoms with Crippen LogP contribution in [0.5, 0.6) is 0 Å². The predicted molar refractivity (Wildman–Crippen MR) is 81.9 cm³/mol. The quantitative estimate of drug-likeness (QED) is 0.594. The van der Waals surface area contributed by atoms with E-state index in [1.165, 1.54) is 0 Å². The maximum absolute atomic E-state index is 13.1. The van der Waals surface area contributed by atoms with Gasteiger partial charge in [0.2, 0.25) is 0 Å². The van der Waals surface area contributed by atoms with Crippen molar-refractivity contribution in [2.75, 3.05) is 6.61 Å². The zero-order chi connectivity index (χ0) is 15.5. The van der Waals surface area contributed by atoms with Gasteiger partial charge in [-0.05, 0) is 31.2 Å². The molecule has 0 aromatic heterocycles. The van der Waals surface area contributed by atoms with Crippen molar-refractivity contribution < 1.29 is 14.3 Å². The molecule has 3 nitrogen and oxygen atoms in total. The summed E-state index contributed by atoms with van der Waals surface area (Å²) in [5.74, 6) is -1.05. The predicted octanol–water partition coefficient (Wildman–Crippen LogP) is 3.51. The Bertz CT molecular complexity index is 500. The van der Waals surface area contributed by atoms with Gasteiger partial charge in [-0.2, -0.15) is 0 Å². The van der Waals surface area contributed by atoms with Crippen LogP contribution in [0.2, 0.25) is 0 Å². The van der Waals surface area contributed by atoms with E-state index >= 15 is 0 Å². The van der Waals surface area contributed by atoms with Gasteiger partial charge in [0.1, 0.15) is 5.92 Å². The average molecular weight is 288 g/mol. The second-order valence-corrected chi connectivity index (χ2v) is 6.14. The highest BCUT2D eigenvalue weighted by molar-refractivity contribution is 6.05. The molecule has 1 saturated carbocycles. The molecule has 0 bridgehead atoms. The molecule has 0 N–H and O–H groups in total. The van der Waals surface area contributed by atoms with E-state index in [1.807, 2.05) is 44.2 Å². The maximum Gasteiger partial charge on any atom is 0.316 e. The normalized spacial score (nSPS) is 17.9. The highest BCUT2D eigenvalue weighted by Crippen LogP contribution is 2.47. The number of esters is 1. The Morgan fingerprint density at radius 2 is 1.81 bits per heavy atom. The molecule has 21 heavy (non-hydrogen) atoms. The van der Waals surface area contributed by atoms with Crippen molar-refractivity contribution in [2.45, 2.75) is 45.4 Å². The lowest BCUT2D eigenvalue weighted by molar-refractivity contribution is -0.156. The Hall–Kier alpha value is -1.64. The topological polar surface area (TPSA) is 43.4 Å². The number of rotatable bonds is 6. The number of ether oxygens (including phenoxy) is 1. The van der Waals surface area contributed by atoms with E-state index in [0.29, 0.717) is 6.61 Å². The fourth-order valence-corrected chi connectivity index (χ4v) is 3.18. The number of carbonyl (C=O) groups is 2. The Morgan fingerprint density at radius 1 is 1.19 bits per heavy atom. The van der Waals surface area contributed by atoms with E-state index in [2.05, 4.69) is 0 Å². The molecule has 114 valence electrons. The minimum atomic E-state index is -0.662. The van der Waals surface area contributed by atoms with E-state index in [9.17, 15) is 9.59 Å². The molecule has 1 aliphatic carbocycles. The lowest BCUT2D eigenvalue weighted by Gasteiger charge is -2.43. The number of carbonyl (C=O) groups excluding carboxylic acids is 2. The molecule has 1 aromatic rings. The Kier molecular flexibility index (Phi) is 4.81. The lowest BCUT2D eigenvalue weighted by Crippen LogP contribution is -2.49. The van der Waals surface area contributed by atoms with Crippen LogP contribution in [0.3, 0.4) is 0 Å². The van der Waals surface area contributed by atoms with Crippen LogP contribution in [0.4, 0.5) is 0 Å². The fourth-order valence-electron chi connectivity index (χ4n) is 3.18. The van der Waals surface area contributed by atoms with E-state index in [4.69, 9.17) is 4.74 Å². The largest absolute Gasteiger partial charge is 0.465 e. The van der Waals surface area contributed by atoms with Gasteiger partial charge in [-0.15, -0.1) is 0 Å². The zero-order valence-corrected chi connectivity index (χ0v) is 13.1. The summed E-state index contributed by atoms with van der Waals surface area (Å²) in [4.78, 5) is 25.3. The van der Waals surface area contributed by atoms with E-state index in [-0.39, 0.29) is 17.7 Å². The second kappa shape index (κ2) is 6.42. The minimum Gasteiger partial charge on any atom is -0.465 e. The number of ketones is 1. The standard InChI is InChI=1S/C18H24O3/c1-4-21-17(20)15(13(2)3)16(19)18(11-8-12-18)14-9-6-5-7-10-14/h5-7,9-10,13,15H,4,8,11-12H2,1-3H3. The molecule has 1 atom stereocenters. The van der Waals surface area contributed by atoms with E-state index in [0.717, 1.165) is 24.8 Å². The van der Waals surface area contributed by atoms with Gasteiger partial charge in [-0.25, -0.2) is 0 Å². The number of hydrogen-bond donors (Lipinski definition) is 0. The van der Waals surface area contributed by atoms with Gasteiger partial charge in [0.15, 0.2) is 5.78 Å². The summed E-state index contributed by atoms with van der Waals surface area (Å²) in [6.45, 7) is 5.91. The third-order valence-electron chi connectivity index (χ3n) is 4.49. The molecule has 0 spiro atoms. The molecule has 1 unspecified atom stereocenters. The van der Waals surface area contributed by atoms with Crippen molar-refractivity contribution >= 4 is 11.8 Å². The van der Waals surface area contributed by atoms with E-state index in [1.54, 1.807) is 6.92 Å². The van der Waals surface area contributed by atoms with Crippen LogP contribution >= 0.6 is 0 Å². The Balaban J connectivity index is 2.32. The summed E-state index contributed by atoms with van der Waals surface area (Å²) in [6.07, 6.45) is 2.70. The van der Waals surface area contributed by atoms with Gasteiger partial charge in [0.05, 0.1) is 12.0 Å². The molecule has 1 fully saturated rings. The lowest BCUT2D eigenvalue weighted by atomic mass is 9.58. The second-order valence-electron chi connectivity index (χ2n) is 6.14. The highest BCUT2D eigenvalue weighted by atomic mass is 16.5. The highest BCUT2D eigenvalue weighted by Gasteiger charge is 2.50. The third-order valence-corrected chi connectivity index (χ3v) is 4.49. The summed E-state index contributed by atoms with van der Waals surface area (Å²) in [5, 5.41) is 0. The van der Waals surface area contributed by atoms with Crippen molar-refractivity contribution in [3.63, 3.8) is 0 Å². The van der Waals surface area contributed by atoms with Crippen molar-refractivity contribution in [3.05, 3.63) is 35.9 Å². The molecule has 0 aliphatic heterocycles. The molecule has 1 aliphatic rings. The Morgan fingerprint density at radius 3 is 2.24 bits per heavy atom. The first kappa shape index (κ1) is 15.7. The summed E-state index contributed by atoms with van der Waals surface area (Å²) in [6, 6.07) is 9.86. The first-order valence-corrected chi connectivity index (χ1v) is 7.79. The summed E-state index contributed by atoms with van der Waals surface area (Å²) >= 11 is 0. The molecule has 0 amide bonds. The first-order valence-electron chi connectivity index (χ1n) is 7.79. The molecule has 2 rings (SSSR count). The van der Waals surface area contributed by atoms with Gasteiger partial charge in [-0.3, -0.25) is 9.59 Å². The number of benzene rings is 1. The third kappa shape index (κ3) is 2.87. The summed E-state index contributed by atoms with van der Waals surface area (Å²) in [7, 11) is 0. The molecule has 1 aromatic carbocycles. The van der Waals surface area contributed by atoms with Crippen molar-refractivity contribution in [3.8, 4) is 0 Å². The minimum absolute atomic E-state index is 0.0356. The van der Waals surface area contributed by atoms with Crippen molar-refractivity contribution in [1.82, 2.24) is 0 Å². The monoisotopic (exact) mass is 288 g/mol. The van der Waals surface area contributed by atoms with Crippen LogP contribution in [-0.2, 0) is 19.7 Å². The van der Waals surface area contributed by atoms with Crippen molar-refractivity contribution in [2.24, 2.45) is 11.8 Å². The van der Waals surface area contributed by atoms with Gasteiger partial charge in [0.25, 0.3) is 0 Å². The van der Waals surface area contributed by atoms with Gasteiger partial charge < -0.3 is 4.74 Å². The molecule has 0 saturated heterocycles. The SMILES string of the molecule is CCOC(=O)C(C(=O)C1(c2ccccc2)CCC1)C(C)C.